The number of nitrogens with two attached hydrogens (primary N) is 1. The van der Waals surface area contributed by atoms with Gasteiger partial charge < -0.3 is 10.5 Å². The number of hydrogen-bond donors (Lipinski definition) is 2. The fourth-order valence-electron chi connectivity index (χ4n) is 1.02. The number of nitro benzene ring substituents is 1. The molecule has 86 valence electrons. The van der Waals surface area contributed by atoms with Crippen LogP contribution >= 0.6 is 15.9 Å². The lowest BCUT2D eigenvalue weighted by Gasteiger charge is -2.07. The number of rotatable bonds is 5. The Morgan fingerprint density at radius 2 is 2.31 bits per heavy atom. The average molecular weight is 288 g/mol. The number of nitrogens with zero attached hydrogens (tertiary/aromatic N) is 1. The van der Waals surface area contributed by atoms with E-state index in [1.807, 2.05) is 0 Å². The van der Waals surface area contributed by atoms with Crippen LogP contribution in [0.2, 0.25) is 0 Å². The van der Waals surface area contributed by atoms with Gasteiger partial charge in [0.05, 0.1) is 17.4 Å². The molecule has 1 aromatic rings. The zero-order valence-corrected chi connectivity index (χ0v) is 9.86. The van der Waals surface area contributed by atoms with Gasteiger partial charge in [-0.2, -0.15) is 0 Å². The summed E-state index contributed by atoms with van der Waals surface area (Å²) in [5.74, 6) is 0.386. The minimum atomic E-state index is -0.498. The summed E-state index contributed by atoms with van der Waals surface area (Å²) in [5, 5.41) is 17.6. The van der Waals surface area contributed by atoms with Crippen LogP contribution in [0.25, 0.3) is 0 Å². The van der Waals surface area contributed by atoms with Gasteiger partial charge in [0.25, 0.3) is 5.69 Å². The molecule has 0 aliphatic carbocycles. The topological polar surface area (TPSA) is 102 Å². The first-order valence-electron chi connectivity index (χ1n) is 4.41. The lowest BCUT2D eigenvalue weighted by Crippen LogP contribution is -2.13. The van der Waals surface area contributed by atoms with Crippen molar-refractivity contribution in [1.82, 2.24) is 0 Å². The summed E-state index contributed by atoms with van der Waals surface area (Å²) in [4.78, 5) is 10.1. The Labute approximate surface area is 100 Å². The fourth-order valence-corrected chi connectivity index (χ4v) is 1.55. The minimum Gasteiger partial charge on any atom is -0.492 e. The van der Waals surface area contributed by atoms with Crippen molar-refractivity contribution in [1.29, 1.82) is 5.41 Å². The van der Waals surface area contributed by atoms with Crippen molar-refractivity contribution >= 4 is 27.5 Å². The maximum atomic E-state index is 10.6. The summed E-state index contributed by atoms with van der Waals surface area (Å²) in [6.07, 6.45) is 0.287. The molecule has 0 amide bonds. The van der Waals surface area contributed by atoms with Gasteiger partial charge in [-0.1, -0.05) is 6.07 Å². The Morgan fingerprint density at radius 1 is 1.62 bits per heavy atom. The second-order valence-corrected chi connectivity index (χ2v) is 3.76. The molecule has 0 atom stereocenters. The number of nitro groups is 1. The number of nitrogens with one attached hydrogen (secondary N) is 1. The lowest BCUT2D eigenvalue weighted by molar-refractivity contribution is -0.385. The van der Waals surface area contributed by atoms with Crippen molar-refractivity contribution in [2.24, 2.45) is 5.73 Å². The highest BCUT2D eigenvalue weighted by molar-refractivity contribution is 9.10. The summed E-state index contributed by atoms with van der Waals surface area (Å²) >= 11 is 3.10. The summed E-state index contributed by atoms with van der Waals surface area (Å²) < 4.78 is 5.56. The molecule has 0 heterocycles. The maximum absolute atomic E-state index is 10.6. The molecular weight excluding hydrogens is 278 g/mol. The predicted octanol–water partition coefficient (Wildman–Crippen LogP) is 2.06. The van der Waals surface area contributed by atoms with E-state index in [9.17, 15) is 10.1 Å². The van der Waals surface area contributed by atoms with Gasteiger partial charge in [0.1, 0.15) is 10.2 Å². The second kappa shape index (κ2) is 5.45. The molecule has 3 N–H and O–H groups in total. The third-order valence-electron chi connectivity index (χ3n) is 1.77. The van der Waals surface area contributed by atoms with Crippen LogP contribution in [0, 0.1) is 15.5 Å². The van der Waals surface area contributed by atoms with E-state index in [-0.39, 0.29) is 24.6 Å². The van der Waals surface area contributed by atoms with Gasteiger partial charge in [-0.25, -0.2) is 0 Å². The van der Waals surface area contributed by atoms with E-state index in [1.165, 1.54) is 12.1 Å². The molecule has 0 unspecified atom stereocenters. The molecule has 0 radical (unpaired) electrons. The summed E-state index contributed by atoms with van der Waals surface area (Å²) in [6, 6.07) is 4.52. The van der Waals surface area contributed by atoms with Gasteiger partial charge in [-0.05, 0) is 22.0 Å². The molecule has 0 bridgehead atoms. The zero-order chi connectivity index (χ0) is 12.1. The molecule has 0 aliphatic rings. The second-order valence-electron chi connectivity index (χ2n) is 2.97. The number of benzene rings is 1. The molecule has 0 aliphatic heterocycles. The molecule has 0 saturated heterocycles. The Morgan fingerprint density at radius 3 is 2.88 bits per heavy atom. The largest absolute Gasteiger partial charge is 0.492 e. The number of ether oxygens (including phenoxy) is 1. The quantitative estimate of drug-likeness (QED) is 0.374. The van der Waals surface area contributed by atoms with Crippen LogP contribution in [-0.2, 0) is 0 Å². The van der Waals surface area contributed by atoms with Crippen LogP contribution in [0.5, 0.6) is 5.75 Å². The van der Waals surface area contributed by atoms with Crippen molar-refractivity contribution < 1.29 is 9.66 Å². The van der Waals surface area contributed by atoms with E-state index in [1.54, 1.807) is 6.07 Å². The van der Waals surface area contributed by atoms with Crippen molar-refractivity contribution in [2.75, 3.05) is 6.61 Å². The fraction of sp³-hybridized carbons (Fsp3) is 0.222. The van der Waals surface area contributed by atoms with Gasteiger partial charge in [0.15, 0.2) is 0 Å². The normalized spacial score (nSPS) is 9.81. The van der Waals surface area contributed by atoms with Gasteiger partial charge >= 0.3 is 0 Å². The molecule has 1 rings (SSSR count). The Bertz CT molecular complexity index is 422. The number of halogens is 1. The standard InChI is InChI=1S/C9H10BrN3O3/c10-9-6(13(14)15)2-1-3-7(9)16-5-4-8(11)12/h1-3H,4-5H2,(H3,11,12). The summed E-state index contributed by atoms with van der Waals surface area (Å²) in [7, 11) is 0. The highest BCUT2D eigenvalue weighted by Gasteiger charge is 2.15. The molecular formula is C9H10BrN3O3. The van der Waals surface area contributed by atoms with Crippen LogP contribution in [0.1, 0.15) is 6.42 Å². The Kier molecular flexibility index (Phi) is 4.24. The monoisotopic (exact) mass is 287 g/mol. The molecule has 0 saturated carbocycles. The van der Waals surface area contributed by atoms with Gasteiger partial charge in [0.2, 0.25) is 0 Å². The Hall–Kier alpha value is -1.63. The van der Waals surface area contributed by atoms with Crippen molar-refractivity contribution in [2.45, 2.75) is 6.42 Å². The molecule has 7 heteroatoms. The smallest absolute Gasteiger partial charge is 0.287 e. The first-order valence-corrected chi connectivity index (χ1v) is 5.20. The van der Waals surface area contributed by atoms with E-state index >= 15 is 0 Å². The van der Waals surface area contributed by atoms with E-state index in [4.69, 9.17) is 15.9 Å². The third kappa shape index (κ3) is 3.20. The van der Waals surface area contributed by atoms with Gasteiger partial charge in [0, 0.05) is 12.5 Å². The Balaban J connectivity index is 2.77. The average Bonchev–Trinajstić information content (AvgIpc) is 2.19. The molecule has 1 aromatic carbocycles. The first-order chi connectivity index (χ1) is 7.52. The van der Waals surface area contributed by atoms with Crippen molar-refractivity contribution in [3.63, 3.8) is 0 Å². The van der Waals surface area contributed by atoms with Crippen LogP contribution in [0.4, 0.5) is 5.69 Å². The molecule has 16 heavy (non-hydrogen) atoms. The van der Waals surface area contributed by atoms with Crippen molar-refractivity contribution in [3.05, 3.63) is 32.8 Å². The summed E-state index contributed by atoms with van der Waals surface area (Å²) in [6.45, 7) is 0.217. The molecule has 0 aromatic heterocycles. The predicted molar refractivity (Wildman–Crippen MR) is 62.8 cm³/mol. The van der Waals surface area contributed by atoms with E-state index < -0.39 is 4.92 Å². The maximum Gasteiger partial charge on any atom is 0.287 e. The van der Waals surface area contributed by atoms with E-state index in [0.29, 0.717) is 10.2 Å². The third-order valence-corrected chi connectivity index (χ3v) is 2.57. The minimum absolute atomic E-state index is 0.0153. The number of amidine groups is 1. The first kappa shape index (κ1) is 12.4. The highest BCUT2D eigenvalue weighted by Crippen LogP contribution is 2.33. The number of hydrogen-bond acceptors (Lipinski definition) is 4. The van der Waals surface area contributed by atoms with Crippen LogP contribution in [0.3, 0.4) is 0 Å². The lowest BCUT2D eigenvalue weighted by atomic mass is 10.3. The SMILES string of the molecule is N=C(N)CCOc1cccc([N+](=O)[O-])c1Br. The van der Waals surface area contributed by atoms with Gasteiger partial charge in [-0.15, -0.1) is 0 Å². The van der Waals surface area contributed by atoms with Crippen LogP contribution < -0.4 is 10.5 Å². The zero-order valence-electron chi connectivity index (χ0n) is 8.27. The van der Waals surface area contributed by atoms with Crippen LogP contribution in [-0.4, -0.2) is 17.4 Å². The van der Waals surface area contributed by atoms with Crippen LogP contribution in [0.15, 0.2) is 22.7 Å². The molecule has 0 spiro atoms. The highest BCUT2D eigenvalue weighted by atomic mass is 79.9. The molecule has 0 fully saturated rings. The molecule has 6 nitrogen and oxygen atoms in total. The van der Waals surface area contributed by atoms with Crippen molar-refractivity contribution in [3.8, 4) is 5.75 Å². The van der Waals surface area contributed by atoms with E-state index in [0.717, 1.165) is 0 Å². The summed E-state index contributed by atoms with van der Waals surface area (Å²) in [5.41, 5.74) is 5.10. The van der Waals surface area contributed by atoms with E-state index in [2.05, 4.69) is 15.9 Å². The van der Waals surface area contributed by atoms with Gasteiger partial charge in [-0.3, -0.25) is 15.5 Å².